The summed E-state index contributed by atoms with van der Waals surface area (Å²) < 4.78 is 0. The number of rotatable bonds is 4. The van der Waals surface area contributed by atoms with Gasteiger partial charge in [0.1, 0.15) is 0 Å². The van der Waals surface area contributed by atoms with Gasteiger partial charge in [-0.2, -0.15) is 0 Å². The first kappa shape index (κ1) is 13.4. The fraction of sp³-hybridized carbons (Fsp3) is 0.562. The summed E-state index contributed by atoms with van der Waals surface area (Å²) in [7, 11) is 0. The van der Waals surface area contributed by atoms with E-state index in [2.05, 4.69) is 33.4 Å². The lowest BCUT2D eigenvalue weighted by molar-refractivity contribution is 0.187. The van der Waals surface area contributed by atoms with Crippen molar-refractivity contribution in [3.63, 3.8) is 0 Å². The van der Waals surface area contributed by atoms with Crippen LogP contribution in [0.1, 0.15) is 30.4 Å². The van der Waals surface area contributed by atoms with Crippen molar-refractivity contribution in [1.82, 2.24) is 4.90 Å². The lowest BCUT2D eigenvalue weighted by Gasteiger charge is -2.29. The van der Waals surface area contributed by atoms with Crippen LogP contribution in [0.5, 0.6) is 0 Å². The second kappa shape index (κ2) is 6.27. The molecule has 1 fully saturated rings. The molecule has 4 heteroatoms. The van der Waals surface area contributed by atoms with Gasteiger partial charge in [0.25, 0.3) is 0 Å². The van der Waals surface area contributed by atoms with Crippen molar-refractivity contribution in [1.29, 1.82) is 0 Å². The summed E-state index contributed by atoms with van der Waals surface area (Å²) in [6.45, 7) is 4.24. The van der Waals surface area contributed by atoms with E-state index >= 15 is 0 Å². The molecule has 0 radical (unpaired) electrons. The molecule has 3 rings (SSSR count). The van der Waals surface area contributed by atoms with Crippen molar-refractivity contribution in [2.75, 3.05) is 31.5 Å². The number of anilines is 1. The van der Waals surface area contributed by atoms with Gasteiger partial charge in [-0.1, -0.05) is 12.1 Å². The first-order valence-electron chi connectivity index (χ1n) is 7.73. The van der Waals surface area contributed by atoms with E-state index in [4.69, 9.17) is 5.73 Å². The van der Waals surface area contributed by atoms with Crippen LogP contribution in [-0.2, 0) is 12.8 Å². The van der Waals surface area contributed by atoms with Crippen molar-refractivity contribution in [2.45, 2.75) is 32.1 Å². The number of fused-ring (bicyclic) bond motifs is 1. The predicted octanol–water partition coefficient (Wildman–Crippen LogP) is 2.00. The molecule has 20 heavy (non-hydrogen) atoms. The molecule has 1 saturated heterocycles. The summed E-state index contributed by atoms with van der Waals surface area (Å²) in [6, 6.07) is 6.46. The average molecular weight is 272 g/mol. The Kier molecular flexibility index (Phi) is 4.21. The van der Waals surface area contributed by atoms with E-state index in [9.17, 15) is 0 Å². The fourth-order valence-electron chi connectivity index (χ4n) is 2.99. The van der Waals surface area contributed by atoms with E-state index in [0.717, 1.165) is 25.2 Å². The SMILES string of the molecule is NC(=NCCN1CCC1)Nc1cccc2c1CCCC2. The predicted molar refractivity (Wildman–Crippen MR) is 84.3 cm³/mol. The second-order valence-electron chi connectivity index (χ2n) is 5.74. The molecule has 0 saturated carbocycles. The van der Waals surface area contributed by atoms with E-state index in [1.807, 2.05) is 0 Å². The number of nitrogens with zero attached hydrogens (tertiary/aromatic N) is 2. The maximum Gasteiger partial charge on any atom is 0.193 e. The number of hydrogen-bond donors (Lipinski definition) is 2. The van der Waals surface area contributed by atoms with E-state index in [-0.39, 0.29) is 0 Å². The van der Waals surface area contributed by atoms with Crippen LogP contribution < -0.4 is 11.1 Å². The van der Waals surface area contributed by atoms with Crippen molar-refractivity contribution < 1.29 is 0 Å². The Labute approximate surface area is 121 Å². The molecule has 1 heterocycles. The Balaban J connectivity index is 1.60. The molecule has 0 aromatic heterocycles. The highest BCUT2D eigenvalue weighted by molar-refractivity contribution is 5.93. The fourth-order valence-corrected chi connectivity index (χ4v) is 2.99. The van der Waals surface area contributed by atoms with Crippen molar-refractivity contribution in [3.05, 3.63) is 29.3 Å². The first-order valence-corrected chi connectivity index (χ1v) is 7.73. The highest BCUT2D eigenvalue weighted by Crippen LogP contribution is 2.27. The smallest absolute Gasteiger partial charge is 0.193 e. The molecule has 1 aliphatic heterocycles. The van der Waals surface area contributed by atoms with E-state index in [1.54, 1.807) is 0 Å². The van der Waals surface area contributed by atoms with Gasteiger partial charge < -0.3 is 16.0 Å². The molecular weight excluding hydrogens is 248 g/mol. The zero-order valence-corrected chi connectivity index (χ0v) is 12.1. The van der Waals surface area contributed by atoms with Crippen LogP contribution in [-0.4, -0.2) is 37.0 Å². The van der Waals surface area contributed by atoms with Crippen LogP contribution in [0.3, 0.4) is 0 Å². The number of benzene rings is 1. The molecular formula is C16H24N4. The van der Waals surface area contributed by atoms with Gasteiger partial charge >= 0.3 is 0 Å². The quantitative estimate of drug-likeness (QED) is 0.651. The molecule has 0 unspecified atom stereocenters. The van der Waals surface area contributed by atoms with Crippen molar-refractivity contribution in [3.8, 4) is 0 Å². The van der Waals surface area contributed by atoms with Crippen LogP contribution in [0.2, 0.25) is 0 Å². The lowest BCUT2D eigenvalue weighted by atomic mass is 9.90. The minimum atomic E-state index is 0.546. The van der Waals surface area contributed by atoms with Gasteiger partial charge in [0.05, 0.1) is 6.54 Å². The van der Waals surface area contributed by atoms with Gasteiger partial charge in [-0.05, 0) is 62.4 Å². The summed E-state index contributed by atoms with van der Waals surface area (Å²) >= 11 is 0. The van der Waals surface area contributed by atoms with Gasteiger partial charge in [-0.15, -0.1) is 0 Å². The second-order valence-corrected chi connectivity index (χ2v) is 5.74. The third-order valence-electron chi connectivity index (χ3n) is 4.31. The van der Waals surface area contributed by atoms with E-state index in [1.165, 1.54) is 49.9 Å². The Bertz CT molecular complexity index is 491. The van der Waals surface area contributed by atoms with Crippen molar-refractivity contribution >= 4 is 11.6 Å². The summed E-state index contributed by atoms with van der Waals surface area (Å²) in [4.78, 5) is 6.84. The topological polar surface area (TPSA) is 53.6 Å². The Morgan fingerprint density at radius 3 is 2.85 bits per heavy atom. The largest absolute Gasteiger partial charge is 0.370 e. The molecule has 2 aliphatic rings. The molecule has 0 bridgehead atoms. The third-order valence-corrected chi connectivity index (χ3v) is 4.31. The summed E-state index contributed by atoms with van der Waals surface area (Å²) in [6.07, 6.45) is 6.25. The number of likely N-dealkylation sites (tertiary alicyclic amines) is 1. The molecule has 1 aromatic rings. The molecule has 1 aromatic carbocycles. The molecule has 0 spiro atoms. The number of nitrogens with two attached hydrogens (primary N) is 1. The van der Waals surface area contributed by atoms with Crippen LogP contribution in [0.15, 0.2) is 23.2 Å². The van der Waals surface area contributed by atoms with Gasteiger partial charge in [-0.25, -0.2) is 0 Å². The maximum atomic E-state index is 6.00. The van der Waals surface area contributed by atoms with Crippen LogP contribution >= 0.6 is 0 Å². The van der Waals surface area contributed by atoms with Crippen molar-refractivity contribution in [2.24, 2.45) is 10.7 Å². The number of nitrogens with one attached hydrogen (secondary N) is 1. The monoisotopic (exact) mass is 272 g/mol. The Morgan fingerprint density at radius 2 is 2.05 bits per heavy atom. The lowest BCUT2D eigenvalue weighted by Crippen LogP contribution is -2.39. The zero-order chi connectivity index (χ0) is 13.8. The third kappa shape index (κ3) is 3.12. The maximum absolute atomic E-state index is 6.00. The van der Waals surface area contributed by atoms with E-state index < -0.39 is 0 Å². The molecule has 3 N–H and O–H groups in total. The zero-order valence-electron chi connectivity index (χ0n) is 12.1. The average Bonchev–Trinajstić information content (AvgIpc) is 2.42. The van der Waals surface area contributed by atoms with Gasteiger partial charge in [-0.3, -0.25) is 4.99 Å². The van der Waals surface area contributed by atoms with Crippen LogP contribution in [0.4, 0.5) is 5.69 Å². The molecule has 0 amide bonds. The van der Waals surface area contributed by atoms with Gasteiger partial charge in [0.2, 0.25) is 0 Å². The molecule has 108 valence electrons. The Morgan fingerprint density at radius 1 is 1.20 bits per heavy atom. The molecule has 0 atom stereocenters. The first-order chi connectivity index (χ1) is 9.83. The standard InChI is InChI=1S/C16H24N4/c17-16(18-9-12-20-10-4-11-20)19-15-8-3-6-13-5-1-2-7-14(13)15/h3,6,8H,1-2,4-5,7,9-12H2,(H3,17,18,19). The molecule has 4 nitrogen and oxygen atoms in total. The molecule has 1 aliphatic carbocycles. The number of aryl methyl sites for hydroxylation is 1. The highest BCUT2D eigenvalue weighted by Gasteiger charge is 2.14. The number of hydrogen-bond acceptors (Lipinski definition) is 2. The van der Waals surface area contributed by atoms with Crippen LogP contribution in [0.25, 0.3) is 0 Å². The summed E-state index contributed by atoms with van der Waals surface area (Å²) in [5.41, 5.74) is 10.0. The van der Waals surface area contributed by atoms with E-state index in [0.29, 0.717) is 5.96 Å². The summed E-state index contributed by atoms with van der Waals surface area (Å²) in [5.74, 6) is 0.546. The van der Waals surface area contributed by atoms with Crippen LogP contribution in [0, 0.1) is 0 Å². The Hall–Kier alpha value is -1.55. The minimum absolute atomic E-state index is 0.546. The number of aliphatic imine (C=N–C) groups is 1. The van der Waals surface area contributed by atoms with Gasteiger partial charge in [0, 0.05) is 12.2 Å². The number of guanidine groups is 1. The minimum Gasteiger partial charge on any atom is -0.370 e. The van der Waals surface area contributed by atoms with Gasteiger partial charge in [0.15, 0.2) is 5.96 Å². The summed E-state index contributed by atoms with van der Waals surface area (Å²) in [5, 5.41) is 3.29. The highest BCUT2D eigenvalue weighted by atomic mass is 15.2. The normalized spacial score (nSPS) is 19.3.